The van der Waals surface area contributed by atoms with Crippen molar-refractivity contribution in [3.05, 3.63) is 35.4 Å². The summed E-state index contributed by atoms with van der Waals surface area (Å²) >= 11 is 0. The molecule has 3 amide bonds. The predicted octanol–water partition coefficient (Wildman–Crippen LogP) is 3.25. The van der Waals surface area contributed by atoms with Crippen LogP contribution in [-0.2, 0) is 9.59 Å². The molecule has 1 fully saturated rings. The molecule has 1 aromatic carbocycles. The van der Waals surface area contributed by atoms with Gasteiger partial charge in [0.25, 0.3) is 5.91 Å². The van der Waals surface area contributed by atoms with Gasteiger partial charge in [-0.1, -0.05) is 44.9 Å². The third-order valence-corrected chi connectivity index (χ3v) is 5.91. The molecular formula is C24H37N3O3. The topological polar surface area (TPSA) is 69.7 Å². The monoisotopic (exact) mass is 415 g/mol. The minimum Gasteiger partial charge on any atom is -0.346 e. The van der Waals surface area contributed by atoms with Gasteiger partial charge >= 0.3 is 0 Å². The zero-order chi connectivity index (χ0) is 22.3. The molecule has 6 heteroatoms. The number of rotatable bonds is 8. The number of nitrogens with zero attached hydrogens (tertiary/aromatic N) is 2. The van der Waals surface area contributed by atoms with Crippen LogP contribution in [0.25, 0.3) is 0 Å². The van der Waals surface area contributed by atoms with Crippen LogP contribution >= 0.6 is 0 Å². The van der Waals surface area contributed by atoms with Crippen molar-refractivity contribution in [2.24, 2.45) is 11.8 Å². The van der Waals surface area contributed by atoms with Gasteiger partial charge in [-0.3, -0.25) is 14.4 Å². The van der Waals surface area contributed by atoms with E-state index in [0.717, 1.165) is 24.9 Å². The van der Waals surface area contributed by atoms with Crippen LogP contribution in [0.4, 0.5) is 0 Å². The lowest BCUT2D eigenvalue weighted by atomic mass is 9.93. The van der Waals surface area contributed by atoms with E-state index in [9.17, 15) is 14.4 Å². The SMILES string of the molecule is CCCCN(C)C(=O)C1CCN(C(=O)C(NC(=O)c2ccc(C)cc2)C(C)C)CC1. The van der Waals surface area contributed by atoms with Crippen molar-refractivity contribution < 1.29 is 14.4 Å². The van der Waals surface area contributed by atoms with E-state index < -0.39 is 6.04 Å². The van der Waals surface area contributed by atoms with E-state index in [4.69, 9.17) is 0 Å². The fourth-order valence-electron chi connectivity index (χ4n) is 3.80. The number of hydrogen-bond acceptors (Lipinski definition) is 3. The molecule has 0 aromatic heterocycles. The second-order valence-corrected chi connectivity index (χ2v) is 8.77. The van der Waals surface area contributed by atoms with Crippen LogP contribution in [0.1, 0.15) is 62.4 Å². The third kappa shape index (κ3) is 6.31. The van der Waals surface area contributed by atoms with Crippen LogP contribution in [0.3, 0.4) is 0 Å². The van der Waals surface area contributed by atoms with Gasteiger partial charge < -0.3 is 15.1 Å². The summed E-state index contributed by atoms with van der Waals surface area (Å²) in [7, 11) is 1.87. The van der Waals surface area contributed by atoms with Crippen LogP contribution in [0.5, 0.6) is 0 Å². The van der Waals surface area contributed by atoms with Crippen molar-refractivity contribution in [1.29, 1.82) is 0 Å². The highest BCUT2D eigenvalue weighted by Gasteiger charge is 2.33. The Hall–Kier alpha value is -2.37. The molecule has 30 heavy (non-hydrogen) atoms. The summed E-state index contributed by atoms with van der Waals surface area (Å²) in [5.74, 6) is -0.147. The van der Waals surface area contributed by atoms with E-state index in [1.165, 1.54) is 0 Å². The highest BCUT2D eigenvalue weighted by Crippen LogP contribution is 2.21. The molecule has 166 valence electrons. The van der Waals surface area contributed by atoms with Gasteiger partial charge in [0, 0.05) is 38.2 Å². The Balaban J connectivity index is 1.94. The summed E-state index contributed by atoms with van der Waals surface area (Å²) in [6, 6.07) is 6.76. The van der Waals surface area contributed by atoms with Gasteiger partial charge in [-0.15, -0.1) is 0 Å². The number of benzene rings is 1. The number of carbonyl (C=O) groups is 3. The molecule has 0 bridgehead atoms. The Kier molecular flexibility index (Phi) is 8.88. The highest BCUT2D eigenvalue weighted by atomic mass is 16.2. The van der Waals surface area contributed by atoms with E-state index in [1.54, 1.807) is 17.0 Å². The largest absolute Gasteiger partial charge is 0.346 e. The number of aryl methyl sites for hydroxylation is 1. The normalized spacial score (nSPS) is 15.7. The maximum Gasteiger partial charge on any atom is 0.251 e. The number of hydrogen-bond donors (Lipinski definition) is 1. The first-order valence-electron chi connectivity index (χ1n) is 11.2. The molecule has 1 heterocycles. The quantitative estimate of drug-likeness (QED) is 0.709. The number of amides is 3. The highest BCUT2D eigenvalue weighted by molar-refractivity contribution is 5.97. The lowest BCUT2D eigenvalue weighted by Gasteiger charge is -2.36. The predicted molar refractivity (Wildman–Crippen MR) is 119 cm³/mol. The van der Waals surface area contributed by atoms with Gasteiger partial charge in [-0.25, -0.2) is 0 Å². The fraction of sp³-hybridized carbons (Fsp3) is 0.625. The summed E-state index contributed by atoms with van der Waals surface area (Å²) in [6.45, 7) is 9.87. The molecule has 0 spiro atoms. The number of likely N-dealkylation sites (tertiary alicyclic amines) is 1. The molecule has 1 atom stereocenters. The van der Waals surface area contributed by atoms with E-state index in [1.807, 2.05) is 44.9 Å². The molecule has 1 saturated heterocycles. The molecule has 6 nitrogen and oxygen atoms in total. The molecule has 2 rings (SSSR count). The Labute approximate surface area is 181 Å². The maximum atomic E-state index is 13.1. The van der Waals surface area contributed by atoms with Crippen LogP contribution in [0.2, 0.25) is 0 Å². The summed E-state index contributed by atoms with van der Waals surface area (Å²) in [5.41, 5.74) is 1.64. The van der Waals surface area contributed by atoms with Gasteiger partial charge in [0.1, 0.15) is 6.04 Å². The van der Waals surface area contributed by atoms with Crippen LogP contribution in [-0.4, -0.2) is 60.2 Å². The lowest BCUT2D eigenvalue weighted by molar-refractivity contribution is -0.141. The number of unbranched alkanes of at least 4 members (excludes halogenated alkanes) is 1. The number of piperidine rings is 1. The standard InChI is InChI=1S/C24H37N3O3/c1-6-7-14-26(5)23(29)20-12-15-27(16-13-20)24(30)21(17(2)3)25-22(28)19-10-8-18(4)9-11-19/h8-11,17,20-21H,6-7,12-16H2,1-5H3,(H,25,28). The fourth-order valence-corrected chi connectivity index (χ4v) is 3.80. The maximum absolute atomic E-state index is 13.1. The zero-order valence-corrected chi connectivity index (χ0v) is 19.1. The van der Waals surface area contributed by atoms with Crippen molar-refractivity contribution in [3.63, 3.8) is 0 Å². The van der Waals surface area contributed by atoms with E-state index in [0.29, 0.717) is 31.5 Å². The van der Waals surface area contributed by atoms with Crippen LogP contribution < -0.4 is 5.32 Å². The average molecular weight is 416 g/mol. The molecule has 0 aliphatic carbocycles. The molecule has 0 radical (unpaired) electrons. The first kappa shape index (κ1) is 23.9. The van der Waals surface area contributed by atoms with Crippen molar-refractivity contribution in [2.75, 3.05) is 26.7 Å². The molecule has 1 aliphatic heterocycles. The molecule has 0 saturated carbocycles. The van der Waals surface area contributed by atoms with Gasteiger partial charge in [0.15, 0.2) is 0 Å². The molecule has 1 aromatic rings. The third-order valence-electron chi connectivity index (χ3n) is 5.91. The van der Waals surface area contributed by atoms with Crippen molar-refractivity contribution in [2.45, 2.75) is 59.4 Å². The second kappa shape index (κ2) is 11.1. The zero-order valence-electron chi connectivity index (χ0n) is 19.1. The Morgan fingerprint density at radius 2 is 1.73 bits per heavy atom. The van der Waals surface area contributed by atoms with Gasteiger partial charge in [0.2, 0.25) is 11.8 Å². The first-order valence-corrected chi connectivity index (χ1v) is 11.2. The molecule has 1 N–H and O–H groups in total. The summed E-state index contributed by atoms with van der Waals surface area (Å²) < 4.78 is 0. The Morgan fingerprint density at radius 3 is 2.27 bits per heavy atom. The molecular weight excluding hydrogens is 378 g/mol. The Bertz CT molecular complexity index is 722. The van der Waals surface area contributed by atoms with E-state index in [-0.39, 0.29) is 29.6 Å². The average Bonchev–Trinajstić information content (AvgIpc) is 2.75. The number of nitrogens with one attached hydrogen (secondary N) is 1. The first-order chi connectivity index (χ1) is 14.2. The summed E-state index contributed by atoms with van der Waals surface area (Å²) in [4.78, 5) is 42.0. The van der Waals surface area contributed by atoms with Crippen molar-refractivity contribution in [3.8, 4) is 0 Å². The summed E-state index contributed by atoms with van der Waals surface area (Å²) in [5, 5.41) is 2.92. The molecule has 1 unspecified atom stereocenters. The van der Waals surface area contributed by atoms with Gasteiger partial charge in [-0.2, -0.15) is 0 Å². The molecule has 1 aliphatic rings. The smallest absolute Gasteiger partial charge is 0.251 e. The van der Waals surface area contributed by atoms with Gasteiger partial charge in [0.05, 0.1) is 0 Å². The van der Waals surface area contributed by atoms with Crippen molar-refractivity contribution >= 4 is 17.7 Å². The van der Waals surface area contributed by atoms with E-state index in [2.05, 4.69) is 12.2 Å². The number of carbonyl (C=O) groups excluding carboxylic acids is 3. The summed E-state index contributed by atoms with van der Waals surface area (Å²) in [6.07, 6.45) is 3.43. The second-order valence-electron chi connectivity index (χ2n) is 8.77. The minimum absolute atomic E-state index is 0.0180. The van der Waals surface area contributed by atoms with E-state index >= 15 is 0 Å². The lowest BCUT2D eigenvalue weighted by Crippen LogP contribution is -2.53. The van der Waals surface area contributed by atoms with Crippen LogP contribution in [0, 0.1) is 18.8 Å². The Morgan fingerprint density at radius 1 is 1.13 bits per heavy atom. The van der Waals surface area contributed by atoms with Gasteiger partial charge in [-0.05, 0) is 44.2 Å². The van der Waals surface area contributed by atoms with Crippen LogP contribution in [0.15, 0.2) is 24.3 Å². The van der Waals surface area contributed by atoms with Crippen molar-refractivity contribution in [1.82, 2.24) is 15.1 Å². The minimum atomic E-state index is -0.571.